The van der Waals surface area contributed by atoms with Crippen LogP contribution < -0.4 is 10.1 Å². The zero-order chi connectivity index (χ0) is 13.4. The number of ether oxygens (including phenoxy) is 1. The second-order valence-electron chi connectivity index (χ2n) is 3.73. The molecule has 0 aromatic heterocycles. The molecule has 0 fully saturated rings. The fourth-order valence-corrected chi connectivity index (χ4v) is 1.53. The number of benzene rings is 1. The van der Waals surface area contributed by atoms with Crippen molar-refractivity contribution in [2.45, 2.75) is 13.8 Å². The molecule has 1 aromatic carbocycles. The van der Waals surface area contributed by atoms with Crippen LogP contribution in [0.1, 0.15) is 19.4 Å². The molecule has 1 aromatic rings. The Labute approximate surface area is 108 Å². The summed E-state index contributed by atoms with van der Waals surface area (Å²) in [7, 11) is 1.63. The molecule has 4 nitrogen and oxygen atoms in total. The number of urea groups is 1. The summed E-state index contributed by atoms with van der Waals surface area (Å²) in [5, 5.41) is 2.74. The summed E-state index contributed by atoms with van der Waals surface area (Å²) in [6.07, 6.45) is 3.50. The van der Waals surface area contributed by atoms with Gasteiger partial charge in [-0.15, -0.1) is 0 Å². The van der Waals surface area contributed by atoms with Gasteiger partial charge < -0.3 is 15.0 Å². The zero-order valence-corrected chi connectivity index (χ0v) is 11.1. The molecule has 0 aliphatic rings. The minimum absolute atomic E-state index is 0.0789. The van der Waals surface area contributed by atoms with Crippen molar-refractivity contribution in [2.75, 3.05) is 20.2 Å². The number of nitrogens with zero attached hydrogens (tertiary/aromatic N) is 1. The third-order valence-corrected chi connectivity index (χ3v) is 2.65. The monoisotopic (exact) mass is 248 g/mol. The third-order valence-electron chi connectivity index (χ3n) is 2.65. The van der Waals surface area contributed by atoms with Gasteiger partial charge in [0.05, 0.1) is 7.11 Å². The van der Waals surface area contributed by atoms with Gasteiger partial charge in [0.15, 0.2) is 0 Å². The molecule has 0 spiro atoms. The lowest BCUT2D eigenvalue weighted by Gasteiger charge is -2.17. The Morgan fingerprint density at radius 2 is 1.89 bits per heavy atom. The SMILES string of the molecule is CCN(CC)C(=O)N/C=C/c1ccc(OC)cc1. The Kier molecular flexibility index (Phi) is 5.77. The average Bonchev–Trinajstić information content (AvgIpc) is 2.41. The summed E-state index contributed by atoms with van der Waals surface area (Å²) in [5.74, 6) is 0.819. The first-order chi connectivity index (χ1) is 8.71. The molecule has 18 heavy (non-hydrogen) atoms. The highest BCUT2D eigenvalue weighted by atomic mass is 16.5. The van der Waals surface area contributed by atoms with E-state index in [1.807, 2.05) is 44.2 Å². The van der Waals surface area contributed by atoms with E-state index in [-0.39, 0.29) is 6.03 Å². The molecule has 2 amide bonds. The highest BCUT2D eigenvalue weighted by Gasteiger charge is 2.05. The van der Waals surface area contributed by atoms with Crippen molar-refractivity contribution in [1.29, 1.82) is 0 Å². The van der Waals surface area contributed by atoms with Gasteiger partial charge in [-0.25, -0.2) is 4.79 Å². The Bertz CT molecular complexity index is 395. The number of carbonyl (C=O) groups is 1. The number of rotatable bonds is 5. The predicted octanol–water partition coefficient (Wildman–Crippen LogP) is 2.72. The summed E-state index contributed by atoms with van der Waals surface area (Å²) < 4.78 is 5.07. The van der Waals surface area contributed by atoms with Gasteiger partial charge in [-0.2, -0.15) is 0 Å². The smallest absolute Gasteiger partial charge is 0.321 e. The van der Waals surface area contributed by atoms with Crippen LogP contribution in [0.2, 0.25) is 0 Å². The van der Waals surface area contributed by atoms with Crippen LogP contribution in [0.15, 0.2) is 30.5 Å². The highest BCUT2D eigenvalue weighted by Crippen LogP contribution is 2.11. The Morgan fingerprint density at radius 1 is 1.28 bits per heavy atom. The van der Waals surface area contributed by atoms with Crippen LogP contribution >= 0.6 is 0 Å². The number of nitrogens with one attached hydrogen (secondary N) is 1. The van der Waals surface area contributed by atoms with Gasteiger partial charge in [0.25, 0.3) is 0 Å². The largest absolute Gasteiger partial charge is 0.497 e. The van der Waals surface area contributed by atoms with E-state index >= 15 is 0 Å². The Hall–Kier alpha value is -1.97. The molecule has 0 aliphatic carbocycles. The molecule has 98 valence electrons. The van der Waals surface area contributed by atoms with Gasteiger partial charge in [0.2, 0.25) is 0 Å². The highest BCUT2D eigenvalue weighted by molar-refractivity contribution is 5.76. The van der Waals surface area contributed by atoms with E-state index in [9.17, 15) is 4.79 Å². The summed E-state index contributed by atoms with van der Waals surface area (Å²) in [6.45, 7) is 5.32. The summed E-state index contributed by atoms with van der Waals surface area (Å²) in [4.78, 5) is 13.4. The van der Waals surface area contributed by atoms with Crippen LogP contribution in [0.3, 0.4) is 0 Å². The van der Waals surface area contributed by atoms with Crippen LogP contribution in [0.5, 0.6) is 5.75 Å². The fourth-order valence-electron chi connectivity index (χ4n) is 1.53. The van der Waals surface area contributed by atoms with Crippen LogP contribution in [0.25, 0.3) is 6.08 Å². The van der Waals surface area contributed by atoms with Gasteiger partial charge in [-0.05, 0) is 37.6 Å². The van der Waals surface area contributed by atoms with Crippen molar-refractivity contribution < 1.29 is 9.53 Å². The fraction of sp³-hybridized carbons (Fsp3) is 0.357. The van der Waals surface area contributed by atoms with Gasteiger partial charge in [0, 0.05) is 19.3 Å². The van der Waals surface area contributed by atoms with E-state index in [2.05, 4.69) is 5.32 Å². The molecule has 0 radical (unpaired) electrons. The van der Waals surface area contributed by atoms with Crippen molar-refractivity contribution in [2.24, 2.45) is 0 Å². The Morgan fingerprint density at radius 3 is 2.39 bits per heavy atom. The summed E-state index contributed by atoms with van der Waals surface area (Å²) in [5.41, 5.74) is 1.01. The molecular weight excluding hydrogens is 228 g/mol. The van der Waals surface area contributed by atoms with Crippen molar-refractivity contribution in [3.8, 4) is 5.75 Å². The maximum absolute atomic E-state index is 11.6. The van der Waals surface area contributed by atoms with Gasteiger partial charge in [-0.3, -0.25) is 0 Å². The quantitative estimate of drug-likeness (QED) is 0.870. The number of amides is 2. The van der Waals surface area contributed by atoms with E-state index in [0.717, 1.165) is 11.3 Å². The van der Waals surface area contributed by atoms with E-state index in [1.54, 1.807) is 18.2 Å². The zero-order valence-electron chi connectivity index (χ0n) is 11.1. The molecule has 0 saturated heterocycles. The first-order valence-electron chi connectivity index (χ1n) is 6.07. The van der Waals surface area contributed by atoms with Crippen molar-refractivity contribution in [3.63, 3.8) is 0 Å². The molecule has 0 unspecified atom stereocenters. The topological polar surface area (TPSA) is 41.6 Å². The van der Waals surface area contributed by atoms with Gasteiger partial charge in [-0.1, -0.05) is 12.1 Å². The number of methoxy groups -OCH3 is 1. The standard InChI is InChI=1S/C14H20N2O2/c1-4-16(5-2)14(17)15-11-10-12-6-8-13(18-3)9-7-12/h6-11H,4-5H2,1-3H3,(H,15,17)/b11-10+. The van der Waals surface area contributed by atoms with E-state index in [1.165, 1.54) is 0 Å². The molecule has 0 bridgehead atoms. The third kappa shape index (κ3) is 4.13. The molecule has 1 N–H and O–H groups in total. The lowest BCUT2D eigenvalue weighted by molar-refractivity contribution is 0.207. The average molecular weight is 248 g/mol. The molecule has 0 aliphatic heterocycles. The van der Waals surface area contributed by atoms with E-state index < -0.39 is 0 Å². The molecule has 4 heteroatoms. The lowest BCUT2D eigenvalue weighted by Crippen LogP contribution is -2.37. The molecular formula is C14H20N2O2. The van der Waals surface area contributed by atoms with Crippen LogP contribution in [0, 0.1) is 0 Å². The molecule has 0 saturated carbocycles. The summed E-state index contributed by atoms with van der Waals surface area (Å²) >= 11 is 0. The maximum atomic E-state index is 11.6. The predicted molar refractivity (Wildman–Crippen MR) is 73.5 cm³/mol. The molecule has 0 heterocycles. The summed E-state index contributed by atoms with van der Waals surface area (Å²) in [6, 6.07) is 7.54. The Balaban J connectivity index is 2.51. The first-order valence-corrected chi connectivity index (χ1v) is 6.07. The number of carbonyl (C=O) groups excluding carboxylic acids is 1. The van der Waals surface area contributed by atoms with Crippen LogP contribution in [0.4, 0.5) is 4.79 Å². The van der Waals surface area contributed by atoms with Gasteiger partial charge in [0.1, 0.15) is 5.75 Å². The minimum atomic E-state index is -0.0789. The normalized spacial score (nSPS) is 10.4. The maximum Gasteiger partial charge on any atom is 0.321 e. The van der Waals surface area contributed by atoms with E-state index in [4.69, 9.17) is 4.74 Å². The van der Waals surface area contributed by atoms with Crippen LogP contribution in [-0.2, 0) is 0 Å². The lowest BCUT2D eigenvalue weighted by atomic mass is 10.2. The van der Waals surface area contributed by atoms with E-state index in [0.29, 0.717) is 13.1 Å². The van der Waals surface area contributed by atoms with Crippen molar-refractivity contribution in [1.82, 2.24) is 10.2 Å². The van der Waals surface area contributed by atoms with Crippen LogP contribution in [-0.4, -0.2) is 31.1 Å². The molecule has 0 atom stereocenters. The minimum Gasteiger partial charge on any atom is -0.497 e. The first kappa shape index (κ1) is 14.1. The van der Waals surface area contributed by atoms with Gasteiger partial charge >= 0.3 is 6.03 Å². The second kappa shape index (κ2) is 7.37. The number of hydrogen-bond acceptors (Lipinski definition) is 2. The second-order valence-corrected chi connectivity index (χ2v) is 3.73. The number of hydrogen-bond donors (Lipinski definition) is 1. The van der Waals surface area contributed by atoms with Crippen molar-refractivity contribution >= 4 is 12.1 Å². The molecule has 1 rings (SSSR count). The van der Waals surface area contributed by atoms with Crippen molar-refractivity contribution in [3.05, 3.63) is 36.0 Å².